The van der Waals surface area contributed by atoms with E-state index in [1.807, 2.05) is 25.1 Å². The Hall–Kier alpha value is -2.30. The van der Waals surface area contributed by atoms with Gasteiger partial charge in [0.1, 0.15) is 11.6 Å². The van der Waals surface area contributed by atoms with Gasteiger partial charge in [0.2, 0.25) is 0 Å². The molecule has 0 atom stereocenters. The standard InChI is InChI=1S/C15H20N4O/c1-4-7-17-14-9-16-10-15(19-14)18-12-8-11(2)5-6-13(12)20-3/h5-6,8-10H,4,7H2,1-3H3,(H2,17,18,19). The van der Waals surface area contributed by atoms with Gasteiger partial charge in [-0.2, -0.15) is 0 Å². The zero-order valence-corrected chi connectivity index (χ0v) is 12.1. The van der Waals surface area contributed by atoms with E-state index in [-0.39, 0.29) is 0 Å². The maximum atomic E-state index is 5.34. The van der Waals surface area contributed by atoms with Crippen LogP contribution in [0, 0.1) is 6.92 Å². The van der Waals surface area contributed by atoms with Crippen molar-refractivity contribution in [3.05, 3.63) is 36.2 Å². The monoisotopic (exact) mass is 272 g/mol. The Morgan fingerprint density at radius 1 is 1.20 bits per heavy atom. The molecular weight excluding hydrogens is 252 g/mol. The van der Waals surface area contributed by atoms with Gasteiger partial charge in [-0.25, -0.2) is 4.98 Å². The van der Waals surface area contributed by atoms with Crippen LogP contribution in [0.5, 0.6) is 5.75 Å². The summed E-state index contributed by atoms with van der Waals surface area (Å²) >= 11 is 0. The second-order valence-corrected chi connectivity index (χ2v) is 4.55. The van der Waals surface area contributed by atoms with E-state index in [9.17, 15) is 0 Å². The zero-order valence-electron chi connectivity index (χ0n) is 12.1. The van der Waals surface area contributed by atoms with Gasteiger partial charge >= 0.3 is 0 Å². The van der Waals surface area contributed by atoms with E-state index in [1.165, 1.54) is 0 Å². The average molecular weight is 272 g/mol. The maximum absolute atomic E-state index is 5.34. The number of nitrogens with one attached hydrogen (secondary N) is 2. The second-order valence-electron chi connectivity index (χ2n) is 4.55. The maximum Gasteiger partial charge on any atom is 0.151 e. The van der Waals surface area contributed by atoms with E-state index in [2.05, 4.69) is 27.5 Å². The van der Waals surface area contributed by atoms with Crippen LogP contribution < -0.4 is 15.4 Å². The molecule has 0 aliphatic heterocycles. The number of aryl methyl sites for hydroxylation is 1. The lowest BCUT2D eigenvalue weighted by molar-refractivity contribution is 0.416. The smallest absolute Gasteiger partial charge is 0.151 e. The Labute approximate surface area is 119 Å². The number of methoxy groups -OCH3 is 1. The summed E-state index contributed by atoms with van der Waals surface area (Å²) in [5, 5.41) is 6.46. The molecular formula is C15H20N4O. The first-order valence-electron chi connectivity index (χ1n) is 6.70. The largest absolute Gasteiger partial charge is 0.495 e. The van der Waals surface area contributed by atoms with Crippen molar-refractivity contribution in [3.8, 4) is 5.75 Å². The van der Waals surface area contributed by atoms with Crippen molar-refractivity contribution in [3.63, 3.8) is 0 Å². The number of hydrogen-bond donors (Lipinski definition) is 2. The molecule has 0 aliphatic carbocycles. The molecule has 2 aromatic rings. The fourth-order valence-electron chi connectivity index (χ4n) is 1.82. The summed E-state index contributed by atoms with van der Waals surface area (Å²) in [6, 6.07) is 5.96. The van der Waals surface area contributed by atoms with Gasteiger partial charge in [-0.3, -0.25) is 4.98 Å². The second kappa shape index (κ2) is 6.75. The number of anilines is 3. The molecule has 1 heterocycles. The zero-order chi connectivity index (χ0) is 14.4. The number of aromatic nitrogens is 2. The van der Waals surface area contributed by atoms with Crippen LogP contribution in [0.4, 0.5) is 17.3 Å². The van der Waals surface area contributed by atoms with Crippen LogP contribution in [0.3, 0.4) is 0 Å². The quantitative estimate of drug-likeness (QED) is 0.844. The SMILES string of the molecule is CCCNc1cncc(Nc2cc(C)ccc2OC)n1. The van der Waals surface area contributed by atoms with Gasteiger partial charge < -0.3 is 15.4 Å². The number of ether oxygens (including phenoxy) is 1. The minimum atomic E-state index is 0.690. The topological polar surface area (TPSA) is 59.1 Å². The summed E-state index contributed by atoms with van der Waals surface area (Å²) in [6.07, 6.45) is 4.46. The highest BCUT2D eigenvalue weighted by molar-refractivity contribution is 5.65. The molecule has 0 fully saturated rings. The third-order valence-electron chi connectivity index (χ3n) is 2.81. The van der Waals surface area contributed by atoms with E-state index in [4.69, 9.17) is 4.74 Å². The molecule has 0 bridgehead atoms. The predicted molar refractivity (Wildman–Crippen MR) is 81.8 cm³/mol. The third kappa shape index (κ3) is 3.60. The first-order chi connectivity index (χ1) is 9.72. The Balaban J connectivity index is 2.19. The molecule has 1 aromatic carbocycles. The summed E-state index contributed by atoms with van der Waals surface area (Å²) in [5.41, 5.74) is 2.04. The van der Waals surface area contributed by atoms with Gasteiger partial charge in [0.05, 0.1) is 25.2 Å². The van der Waals surface area contributed by atoms with Crippen LogP contribution in [0.2, 0.25) is 0 Å². The number of benzene rings is 1. The van der Waals surface area contributed by atoms with Gasteiger partial charge in [-0.15, -0.1) is 0 Å². The van der Waals surface area contributed by atoms with E-state index >= 15 is 0 Å². The third-order valence-corrected chi connectivity index (χ3v) is 2.81. The molecule has 0 radical (unpaired) electrons. The van der Waals surface area contributed by atoms with Crippen molar-refractivity contribution in [2.75, 3.05) is 24.3 Å². The van der Waals surface area contributed by atoms with Gasteiger partial charge in [-0.1, -0.05) is 13.0 Å². The van der Waals surface area contributed by atoms with Crippen molar-refractivity contribution in [1.82, 2.24) is 9.97 Å². The Morgan fingerprint density at radius 2 is 2.00 bits per heavy atom. The first kappa shape index (κ1) is 14.1. The minimum absolute atomic E-state index is 0.690. The van der Waals surface area contributed by atoms with Gasteiger partial charge in [0.15, 0.2) is 5.82 Å². The minimum Gasteiger partial charge on any atom is -0.495 e. The Bertz CT molecular complexity index is 572. The Kier molecular flexibility index (Phi) is 4.76. The Morgan fingerprint density at radius 3 is 2.75 bits per heavy atom. The van der Waals surface area contributed by atoms with E-state index in [1.54, 1.807) is 19.5 Å². The summed E-state index contributed by atoms with van der Waals surface area (Å²) < 4.78 is 5.34. The van der Waals surface area contributed by atoms with Crippen LogP contribution in [-0.4, -0.2) is 23.6 Å². The number of hydrogen-bond acceptors (Lipinski definition) is 5. The fourth-order valence-corrected chi connectivity index (χ4v) is 1.82. The summed E-state index contributed by atoms with van der Waals surface area (Å²) in [7, 11) is 1.65. The number of rotatable bonds is 6. The van der Waals surface area contributed by atoms with Crippen LogP contribution in [0.15, 0.2) is 30.6 Å². The van der Waals surface area contributed by atoms with Crippen molar-refractivity contribution in [2.45, 2.75) is 20.3 Å². The highest BCUT2D eigenvalue weighted by Crippen LogP contribution is 2.27. The normalized spacial score (nSPS) is 10.2. The lowest BCUT2D eigenvalue weighted by Crippen LogP contribution is -2.04. The van der Waals surface area contributed by atoms with E-state index < -0.39 is 0 Å². The molecule has 0 saturated carbocycles. The molecule has 5 nitrogen and oxygen atoms in total. The summed E-state index contributed by atoms with van der Waals surface area (Å²) in [6.45, 7) is 5.03. The van der Waals surface area contributed by atoms with E-state index in [0.29, 0.717) is 5.82 Å². The van der Waals surface area contributed by atoms with Crippen molar-refractivity contribution >= 4 is 17.3 Å². The van der Waals surface area contributed by atoms with Gasteiger partial charge in [0, 0.05) is 6.54 Å². The average Bonchev–Trinajstić information content (AvgIpc) is 2.46. The molecule has 2 rings (SSSR count). The molecule has 0 spiro atoms. The predicted octanol–water partition coefficient (Wildman–Crippen LogP) is 3.36. The molecule has 106 valence electrons. The molecule has 0 saturated heterocycles. The van der Waals surface area contributed by atoms with Crippen LogP contribution in [-0.2, 0) is 0 Å². The van der Waals surface area contributed by atoms with Gasteiger partial charge in [0.25, 0.3) is 0 Å². The lowest BCUT2D eigenvalue weighted by Gasteiger charge is -2.12. The molecule has 5 heteroatoms. The van der Waals surface area contributed by atoms with Crippen molar-refractivity contribution in [1.29, 1.82) is 0 Å². The van der Waals surface area contributed by atoms with Crippen LogP contribution in [0.1, 0.15) is 18.9 Å². The summed E-state index contributed by atoms with van der Waals surface area (Å²) in [5.74, 6) is 2.24. The molecule has 2 N–H and O–H groups in total. The highest BCUT2D eigenvalue weighted by atomic mass is 16.5. The van der Waals surface area contributed by atoms with Crippen LogP contribution in [0.25, 0.3) is 0 Å². The lowest BCUT2D eigenvalue weighted by atomic mass is 10.2. The van der Waals surface area contributed by atoms with Crippen molar-refractivity contribution < 1.29 is 4.74 Å². The van der Waals surface area contributed by atoms with E-state index in [0.717, 1.165) is 35.8 Å². The molecule has 0 amide bonds. The summed E-state index contributed by atoms with van der Waals surface area (Å²) in [4.78, 5) is 8.65. The number of nitrogens with zero attached hydrogens (tertiary/aromatic N) is 2. The fraction of sp³-hybridized carbons (Fsp3) is 0.333. The molecule has 0 aliphatic rings. The van der Waals surface area contributed by atoms with Crippen molar-refractivity contribution in [2.24, 2.45) is 0 Å². The highest BCUT2D eigenvalue weighted by Gasteiger charge is 2.05. The first-order valence-corrected chi connectivity index (χ1v) is 6.70. The molecule has 20 heavy (non-hydrogen) atoms. The van der Waals surface area contributed by atoms with Crippen LogP contribution >= 0.6 is 0 Å². The molecule has 1 aromatic heterocycles. The van der Waals surface area contributed by atoms with Gasteiger partial charge in [-0.05, 0) is 31.0 Å². The molecule has 0 unspecified atom stereocenters.